The van der Waals surface area contributed by atoms with Crippen molar-refractivity contribution in [3.8, 4) is 0 Å². The van der Waals surface area contributed by atoms with Crippen LogP contribution in [0.4, 0.5) is 0 Å². The second-order valence-corrected chi connectivity index (χ2v) is 5.95. The first-order valence-corrected chi connectivity index (χ1v) is 7.65. The molecule has 2 aliphatic rings. The first-order chi connectivity index (χ1) is 8.40. The first-order valence-electron chi connectivity index (χ1n) is 7.65. The van der Waals surface area contributed by atoms with Crippen LogP contribution in [0, 0.1) is 11.8 Å². The summed E-state index contributed by atoms with van der Waals surface area (Å²) >= 11 is 0. The zero-order valence-corrected chi connectivity index (χ0v) is 11.4. The summed E-state index contributed by atoms with van der Waals surface area (Å²) in [5, 5.41) is 3.46. The highest BCUT2D eigenvalue weighted by Gasteiger charge is 2.22. The molecule has 0 amide bonds. The molecule has 0 aromatic heterocycles. The van der Waals surface area contributed by atoms with Crippen LogP contribution in [0.3, 0.4) is 0 Å². The van der Waals surface area contributed by atoms with Crippen molar-refractivity contribution >= 4 is 0 Å². The largest absolute Gasteiger partial charge is 0.380 e. The second-order valence-electron chi connectivity index (χ2n) is 5.95. The number of ether oxygens (including phenoxy) is 1. The standard InChI is InChI=1S/C15H29NO/c1-16-15(14-8-3-2-4-9-14)12-17-11-10-13-6-5-7-13/h13-16H,2-12H2,1H3. The van der Waals surface area contributed by atoms with E-state index in [0.717, 1.165) is 25.0 Å². The molecule has 1 N–H and O–H groups in total. The van der Waals surface area contributed by atoms with E-state index in [0.29, 0.717) is 6.04 Å². The Morgan fingerprint density at radius 2 is 1.82 bits per heavy atom. The van der Waals surface area contributed by atoms with Crippen LogP contribution in [0.1, 0.15) is 57.8 Å². The zero-order chi connectivity index (χ0) is 11.9. The highest BCUT2D eigenvalue weighted by molar-refractivity contribution is 4.78. The quantitative estimate of drug-likeness (QED) is 0.688. The van der Waals surface area contributed by atoms with E-state index in [1.165, 1.54) is 57.8 Å². The molecule has 0 saturated heterocycles. The van der Waals surface area contributed by atoms with E-state index in [1.807, 2.05) is 0 Å². The number of nitrogens with one attached hydrogen (secondary N) is 1. The molecule has 2 fully saturated rings. The van der Waals surface area contributed by atoms with Gasteiger partial charge >= 0.3 is 0 Å². The molecule has 1 unspecified atom stereocenters. The van der Waals surface area contributed by atoms with Crippen LogP contribution in [-0.4, -0.2) is 26.3 Å². The van der Waals surface area contributed by atoms with Gasteiger partial charge in [0.25, 0.3) is 0 Å². The number of hydrogen-bond acceptors (Lipinski definition) is 2. The van der Waals surface area contributed by atoms with Crippen LogP contribution >= 0.6 is 0 Å². The Hall–Kier alpha value is -0.0800. The molecule has 0 aromatic carbocycles. The van der Waals surface area contributed by atoms with Crippen molar-refractivity contribution < 1.29 is 4.74 Å². The molecule has 2 saturated carbocycles. The van der Waals surface area contributed by atoms with Gasteiger partial charge in [0.2, 0.25) is 0 Å². The van der Waals surface area contributed by atoms with Crippen LogP contribution < -0.4 is 5.32 Å². The van der Waals surface area contributed by atoms with Crippen LogP contribution in [0.5, 0.6) is 0 Å². The number of hydrogen-bond donors (Lipinski definition) is 1. The molecular formula is C15H29NO. The maximum Gasteiger partial charge on any atom is 0.0622 e. The second kappa shape index (κ2) is 7.38. The van der Waals surface area contributed by atoms with Crippen molar-refractivity contribution in [3.63, 3.8) is 0 Å². The zero-order valence-electron chi connectivity index (χ0n) is 11.4. The summed E-state index contributed by atoms with van der Waals surface area (Å²) in [7, 11) is 2.09. The number of likely N-dealkylation sites (N-methyl/N-ethyl adjacent to an activating group) is 1. The average molecular weight is 239 g/mol. The maximum absolute atomic E-state index is 5.88. The predicted molar refractivity (Wildman–Crippen MR) is 72.2 cm³/mol. The van der Waals surface area contributed by atoms with E-state index >= 15 is 0 Å². The van der Waals surface area contributed by atoms with E-state index in [9.17, 15) is 0 Å². The Kier molecular flexibility index (Phi) is 5.79. The molecule has 100 valence electrons. The Balaban J connectivity index is 1.57. The third-order valence-corrected chi connectivity index (χ3v) is 4.78. The van der Waals surface area contributed by atoms with Crippen LogP contribution in [0.2, 0.25) is 0 Å². The summed E-state index contributed by atoms with van der Waals surface area (Å²) in [5.41, 5.74) is 0. The monoisotopic (exact) mass is 239 g/mol. The van der Waals surface area contributed by atoms with Crippen molar-refractivity contribution in [2.75, 3.05) is 20.3 Å². The molecule has 17 heavy (non-hydrogen) atoms. The maximum atomic E-state index is 5.88. The summed E-state index contributed by atoms with van der Waals surface area (Å²) in [6.07, 6.45) is 12.7. The third-order valence-electron chi connectivity index (χ3n) is 4.78. The van der Waals surface area contributed by atoms with Crippen molar-refractivity contribution in [2.24, 2.45) is 11.8 Å². The fourth-order valence-corrected chi connectivity index (χ4v) is 3.23. The van der Waals surface area contributed by atoms with Crippen LogP contribution in [0.25, 0.3) is 0 Å². The highest BCUT2D eigenvalue weighted by Crippen LogP contribution is 2.29. The molecular weight excluding hydrogens is 210 g/mol. The third kappa shape index (κ3) is 4.26. The van der Waals surface area contributed by atoms with E-state index < -0.39 is 0 Å². The molecule has 2 aliphatic carbocycles. The van der Waals surface area contributed by atoms with Crippen molar-refractivity contribution in [1.29, 1.82) is 0 Å². The molecule has 0 heterocycles. The van der Waals surface area contributed by atoms with Gasteiger partial charge in [-0.25, -0.2) is 0 Å². The minimum atomic E-state index is 0.594. The van der Waals surface area contributed by atoms with Gasteiger partial charge in [0.15, 0.2) is 0 Å². The first kappa shape index (κ1) is 13.4. The fourth-order valence-electron chi connectivity index (χ4n) is 3.23. The topological polar surface area (TPSA) is 21.3 Å². The van der Waals surface area contributed by atoms with Crippen molar-refractivity contribution in [1.82, 2.24) is 5.32 Å². The van der Waals surface area contributed by atoms with Gasteiger partial charge in [0.05, 0.1) is 6.61 Å². The van der Waals surface area contributed by atoms with Crippen molar-refractivity contribution in [2.45, 2.75) is 63.8 Å². The molecule has 0 aliphatic heterocycles. The van der Waals surface area contributed by atoms with E-state index in [4.69, 9.17) is 4.74 Å². The van der Waals surface area contributed by atoms with Gasteiger partial charge in [-0.3, -0.25) is 0 Å². The molecule has 0 bridgehead atoms. The Morgan fingerprint density at radius 1 is 1.06 bits per heavy atom. The molecule has 0 aromatic rings. The van der Waals surface area contributed by atoms with Gasteiger partial charge in [0, 0.05) is 12.6 Å². The van der Waals surface area contributed by atoms with E-state index in [2.05, 4.69) is 12.4 Å². The summed E-state index contributed by atoms with van der Waals surface area (Å²) in [6.45, 7) is 1.91. The van der Waals surface area contributed by atoms with Gasteiger partial charge in [-0.05, 0) is 38.1 Å². The molecule has 0 radical (unpaired) electrons. The van der Waals surface area contributed by atoms with E-state index in [-0.39, 0.29) is 0 Å². The van der Waals surface area contributed by atoms with Gasteiger partial charge in [-0.15, -0.1) is 0 Å². The highest BCUT2D eigenvalue weighted by atomic mass is 16.5. The van der Waals surface area contributed by atoms with Gasteiger partial charge in [-0.2, -0.15) is 0 Å². The predicted octanol–water partition coefficient (Wildman–Crippen LogP) is 3.36. The normalized spacial score (nSPS) is 24.5. The lowest BCUT2D eigenvalue weighted by molar-refractivity contribution is 0.0705. The lowest BCUT2D eigenvalue weighted by atomic mass is 9.83. The SMILES string of the molecule is CNC(COCCC1CCC1)C1CCCCC1. The summed E-state index contributed by atoms with van der Waals surface area (Å²) in [4.78, 5) is 0. The van der Waals surface area contributed by atoms with Crippen LogP contribution in [-0.2, 0) is 4.74 Å². The molecule has 2 heteroatoms. The minimum Gasteiger partial charge on any atom is -0.380 e. The smallest absolute Gasteiger partial charge is 0.0622 e. The Bertz CT molecular complexity index is 197. The van der Waals surface area contributed by atoms with E-state index in [1.54, 1.807) is 0 Å². The number of rotatable bonds is 7. The fraction of sp³-hybridized carbons (Fsp3) is 1.00. The van der Waals surface area contributed by atoms with Crippen molar-refractivity contribution in [3.05, 3.63) is 0 Å². The summed E-state index contributed by atoms with van der Waals surface area (Å²) in [6, 6.07) is 0.594. The van der Waals surface area contributed by atoms with Crippen LogP contribution in [0.15, 0.2) is 0 Å². The molecule has 0 spiro atoms. The molecule has 2 rings (SSSR count). The molecule has 2 nitrogen and oxygen atoms in total. The Labute approximate surface area is 107 Å². The minimum absolute atomic E-state index is 0.594. The lowest BCUT2D eigenvalue weighted by Gasteiger charge is -2.30. The summed E-state index contributed by atoms with van der Waals surface area (Å²) in [5.74, 6) is 1.84. The average Bonchev–Trinajstić information content (AvgIpc) is 2.33. The van der Waals surface area contributed by atoms with Gasteiger partial charge in [-0.1, -0.05) is 38.5 Å². The Morgan fingerprint density at radius 3 is 2.41 bits per heavy atom. The summed E-state index contributed by atoms with van der Waals surface area (Å²) < 4.78 is 5.88. The molecule has 1 atom stereocenters. The van der Waals surface area contributed by atoms with Gasteiger partial charge in [0.1, 0.15) is 0 Å². The lowest BCUT2D eigenvalue weighted by Crippen LogP contribution is -2.39. The van der Waals surface area contributed by atoms with Gasteiger partial charge < -0.3 is 10.1 Å².